The summed E-state index contributed by atoms with van der Waals surface area (Å²) in [5.41, 5.74) is 2.92. The van der Waals surface area contributed by atoms with Crippen molar-refractivity contribution in [2.24, 2.45) is 5.92 Å². The molecule has 40 heavy (non-hydrogen) atoms. The third kappa shape index (κ3) is 9.52. The number of nitrogens with one attached hydrogen (secondary N) is 3. The van der Waals surface area contributed by atoms with E-state index in [4.69, 9.17) is 4.74 Å². The summed E-state index contributed by atoms with van der Waals surface area (Å²) in [7, 11) is -2.09. The van der Waals surface area contributed by atoms with Gasteiger partial charge in [0, 0.05) is 37.8 Å². The Morgan fingerprint density at radius 1 is 1.18 bits per heavy atom. The third-order valence-corrected chi connectivity index (χ3v) is 8.10. The minimum absolute atomic E-state index is 0.0388. The zero-order valence-corrected chi connectivity index (χ0v) is 25.1. The van der Waals surface area contributed by atoms with Gasteiger partial charge in [0.2, 0.25) is 15.9 Å². The summed E-state index contributed by atoms with van der Waals surface area (Å²) in [6.07, 6.45) is 4.81. The van der Waals surface area contributed by atoms with Crippen molar-refractivity contribution >= 4 is 27.5 Å². The minimum atomic E-state index is -3.54. The maximum atomic E-state index is 13.5. The molecule has 0 radical (unpaired) electrons. The molecule has 3 rings (SSSR count). The van der Waals surface area contributed by atoms with Crippen LogP contribution in [0.4, 0.5) is 5.69 Å². The van der Waals surface area contributed by atoms with Gasteiger partial charge in [0.05, 0.1) is 24.6 Å². The van der Waals surface area contributed by atoms with Crippen LogP contribution in [0.3, 0.4) is 0 Å². The van der Waals surface area contributed by atoms with Gasteiger partial charge < -0.3 is 20.7 Å². The van der Waals surface area contributed by atoms with Crippen molar-refractivity contribution in [3.8, 4) is 5.75 Å². The Balaban J connectivity index is 1.90. The monoisotopic (exact) mass is 572 g/mol. The first-order valence-electron chi connectivity index (χ1n) is 14.1. The molecule has 4 bridgehead atoms. The molecule has 1 aliphatic rings. The number of hydrogen-bond acceptors (Lipinski definition) is 6. The van der Waals surface area contributed by atoms with Gasteiger partial charge in [0.1, 0.15) is 5.75 Å². The third-order valence-electron chi connectivity index (χ3n) is 6.89. The SMILES string of the molecule is CCC[C@H](NC[C@@H]1Cc2cccc(c2)CCCOc2cc(cc(N(C)S(C)(=O)=O)c2)C(=O)N1)C(=O)NCC(C)C. The minimum Gasteiger partial charge on any atom is -0.493 e. The maximum Gasteiger partial charge on any atom is 0.251 e. The van der Waals surface area contributed by atoms with Gasteiger partial charge >= 0.3 is 0 Å². The zero-order valence-electron chi connectivity index (χ0n) is 24.3. The number of carbonyl (C=O) groups is 2. The normalized spacial score (nSPS) is 16.9. The van der Waals surface area contributed by atoms with E-state index in [0.717, 1.165) is 35.4 Å². The quantitative estimate of drug-likeness (QED) is 0.402. The van der Waals surface area contributed by atoms with E-state index in [9.17, 15) is 18.0 Å². The lowest BCUT2D eigenvalue weighted by Gasteiger charge is -2.25. The Hall–Kier alpha value is -3.11. The van der Waals surface area contributed by atoms with Gasteiger partial charge in [-0.3, -0.25) is 13.9 Å². The fourth-order valence-corrected chi connectivity index (χ4v) is 5.09. The van der Waals surface area contributed by atoms with Crippen LogP contribution >= 0.6 is 0 Å². The van der Waals surface area contributed by atoms with Crippen molar-refractivity contribution in [3.05, 3.63) is 59.2 Å². The van der Waals surface area contributed by atoms with Crippen LogP contribution in [0.1, 0.15) is 61.5 Å². The number of carbonyl (C=O) groups excluding carboxylic acids is 2. The van der Waals surface area contributed by atoms with Gasteiger partial charge in [0.15, 0.2) is 0 Å². The fraction of sp³-hybridized carbons (Fsp3) is 0.533. The lowest BCUT2D eigenvalue weighted by Crippen LogP contribution is -2.51. The van der Waals surface area contributed by atoms with Crippen molar-refractivity contribution < 1.29 is 22.7 Å². The van der Waals surface area contributed by atoms with Crippen LogP contribution in [-0.4, -0.2) is 65.3 Å². The average molecular weight is 573 g/mol. The number of aryl methyl sites for hydroxylation is 1. The first-order valence-corrected chi connectivity index (χ1v) is 15.9. The van der Waals surface area contributed by atoms with Crippen LogP contribution in [-0.2, 0) is 27.7 Å². The molecule has 3 N–H and O–H groups in total. The highest BCUT2D eigenvalue weighted by Gasteiger charge is 2.23. The molecule has 0 saturated heterocycles. The van der Waals surface area contributed by atoms with Crippen LogP contribution in [0.5, 0.6) is 5.75 Å². The molecule has 1 heterocycles. The molecule has 0 saturated carbocycles. The van der Waals surface area contributed by atoms with E-state index in [2.05, 4.69) is 41.9 Å². The van der Waals surface area contributed by atoms with Gasteiger partial charge in [-0.05, 0) is 54.9 Å². The molecule has 10 heteroatoms. The van der Waals surface area contributed by atoms with Crippen LogP contribution < -0.4 is 25.0 Å². The summed E-state index contributed by atoms with van der Waals surface area (Å²) in [5.74, 6) is 0.403. The molecule has 1 aliphatic heterocycles. The number of sulfonamides is 1. The van der Waals surface area contributed by atoms with E-state index in [1.54, 1.807) is 18.2 Å². The van der Waals surface area contributed by atoms with E-state index >= 15 is 0 Å². The zero-order chi connectivity index (χ0) is 29.3. The van der Waals surface area contributed by atoms with Gasteiger partial charge in [0.25, 0.3) is 5.91 Å². The summed E-state index contributed by atoms with van der Waals surface area (Å²) in [5, 5.41) is 9.53. The smallest absolute Gasteiger partial charge is 0.251 e. The lowest BCUT2D eigenvalue weighted by molar-refractivity contribution is -0.123. The average Bonchev–Trinajstić information content (AvgIpc) is 2.90. The summed E-state index contributed by atoms with van der Waals surface area (Å²) in [6, 6.07) is 12.5. The highest BCUT2D eigenvalue weighted by atomic mass is 32.2. The van der Waals surface area contributed by atoms with E-state index in [1.165, 1.54) is 12.6 Å². The number of benzene rings is 2. The van der Waals surface area contributed by atoms with Crippen LogP contribution in [0.25, 0.3) is 0 Å². The molecule has 220 valence electrons. The molecule has 0 unspecified atom stereocenters. The summed E-state index contributed by atoms with van der Waals surface area (Å²) in [6.45, 7) is 7.58. The molecule has 0 aromatic heterocycles. The van der Waals surface area contributed by atoms with Crippen LogP contribution in [0.2, 0.25) is 0 Å². The first kappa shape index (κ1) is 31.4. The molecule has 2 aromatic carbocycles. The van der Waals surface area contributed by atoms with Gasteiger partial charge in [-0.1, -0.05) is 51.5 Å². The summed E-state index contributed by atoms with van der Waals surface area (Å²) >= 11 is 0. The van der Waals surface area contributed by atoms with E-state index in [0.29, 0.717) is 55.5 Å². The Bertz CT molecular complexity index is 1260. The number of hydrogen-bond donors (Lipinski definition) is 3. The van der Waals surface area contributed by atoms with E-state index < -0.39 is 10.0 Å². The summed E-state index contributed by atoms with van der Waals surface area (Å²) in [4.78, 5) is 26.4. The molecule has 9 nitrogen and oxygen atoms in total. The first-order chi connectivity index (χ1) is 19.0. The molecule has 0 aliphatic carbocycles. The number of ether oxygens (including phenoxy) is 1. The Kier molecular flexibility index (Phi) is 11.4. The van der Waals surface area contributed by atoms with E-state index in [1.807, 2.05) is 19.1 Å². The topological polar surface area (TPSA) is 117 Å². The van der Waals surface area contributed by atoms with Crippen molar-refractivity contribution in [1.82, 2.24) is 16.0 Å². The molecule has 0 fully saturated rings. The highest BCUT2D eigenvalue weighted by Crippen LogP contribution is 2.26. The maximum absolute atomic E-state index is 13.5. The van der Waals surface area contributed by atoms with Gasteiger partial charge in [-0.15, -0.1) is 0 Å². The number of nitrogens with zero attached hydrogens (tertiary/aromatic N) is 1. The number of amides is 2. The Morgan fingerprint density at radius 2 is 1.93 bits per heavy atom. The number of rotatable bonds is 10. The highest BCUT2D eigenvalue weighted by molar-refractivity contribution is 7.92. The Labute approximate surface area is 239 Å². The van der Waals surface area contributed by atoms with Crippen LogP contribution in [0.15, 0.2) is 42.5 Å². The molecular weight excluding hydrogens is 528 g/mol. The molecular formula is C30H44N4O5S. The van der Waals surface area contributed by atoms with Gasteiger partial charge in [-0.2, -0.15) is 0 Å². The van der Waals surface area contributed by atoms with Crippen molar-refractivity contribution in [2.75, 3.05) is 37.3 Å². The molecule has 2 amide bonds. The standard InChI is InChI=1S/C30H44N4O5S/c1-6-9-28(30(36)32-19-21(2)3)31-20-25-15-23-11-7-10-22(14-23)12-8-13-39-27-17-24(29(35)33-25)16-26(18-27)34(4)40(5,37)38/h7,10-11,14,16-18,21,25,28,31H,6,8-9,12-13,15,19-20H2,1-5H3,(H,32,36)(H,33,35)/t25-,28-/m0/s1. The van der Waals surface area contributed by atoms with Crippen molar-refractivity contribution in [3.63, 3.8) is 0 Å². The van der Waals surface area contributed by atoms with E-state index in [-0.39, 0.29) is 23.9 Å². The fourth-order valence-electron chi connectivity index (χ4n) is 4.60. The number of fused-ring (bicyclic) bond motifs is 4. The predicted octanol–water partition coefficient (Wildman–Crippen LogP) is 3.28. The Morgan fingerprint density at radius 3 is 2.62 bits per heavy atom. The van der Waals surface area contributed by atoms with Crippen molar-refractivity contribution in [1.29, 1.82) is 0 Å². The largest absolute Gasteiger partial charge is 0.493 e. The molecule has 0 spiro atoms. The second-order valence-corrected chi connectivity index (χ2v) is 13.0. The molecule has 2 aromatic rings. The van der Waals surface area contributed by atoms with Crippen LogP contribution in [0, 0.1) is 5.92 Å². The van der Waals surface area contributed by atoms with Gasteiger partial charge in [-0.25, -0.2) is 8.42 Å². The molecule has 2 atom stereocenters. The number of anilines is 1. The predicted molar refractivity (Wildman–Crippen MR) is 159 cm³/mol. The van der Waals surface area contributed by atoms with Crippen molar-refractivity contribution in [2.45, 2.75) is 65.0 Å². The lowest BCUT2D eigenvalue weighted by atomic mass is 10.00. The summed E-state index contributed by atoms with van der Waals surface area (Å²) < 4.78 is 31.6. The second kappa shape index (κ2) is 14.5. The second-order valence-electron chi connectivity index (χ2n) is 11.0.